The van der Waals surface area contributed by atoms with Crippen LogP contribution >= 0.6 is 0 Å². The van der Waals surface area contributed by atoms with Gasteiger partial charge in [-0.1, -0.05) is 12.1 Å². The summed E-state index contributed by atoms with van der Waals surface area (Å²) in [6.45, 7) is 2.64. The number of piperazine rings is 1. The summed E-state index contributed by atoms with van der Waals surface area (Å²) in [5, 5.41) is 9.90. The fourth-order valence-electron chi connectivity index (χ4n) is 3.49. The molecule has 2 aromatic heterocycles. The van der Waals surface area contributed by atoms with Gasteiger partial charge in [-0.2, -0.15) is 5.10 Å². The molecule has 3 aromatic rings. The molecule has 3 heterocycles. The third-order valence-corrected chi connectivity index (χ3v) is 5.03. The number of aryl methyl sites for hydroxylation is 1. The Hall–Kier alpha value is -3.78. The van der Waals surface area contributed by atoms with Crippen LogP contribution in [-0.2, 0) is 23.2 Å². The largest absolute Gasteiger partial charge is 0.354 e. The summed E-state index contributed by atoms with van der Waals surface area (Å²) in [7, 11) is 1.86. The summed E-state index contributed by atoms with van der Waals surface area (Å²) < 4.78 is 1.74. The standard InChI is InChI=1S/C23H24N6O2/c1-28-15-19(13-26-28)21-8-9-24-12-18(21)4-7-22(30)27-20-5-2-17(3-6-20)14-29-11-10-25-23(31)16-29/h2-9,12-13,15H,10-11,14,16H2,1H3,(H,25,31)(H,27,30). The second-order valence-corrected chi connectivity index (χ2v) is 7.45. The molecule has 0 saturated carbocycles. The fourth-order valence-corrected chi connectivity index (χ4v) is 3.49. The van der Waals surface area contributed by atoms with E-state index in [1.54, 1.807) is 29.3 Å². The summed E-state index contributed by atoms with van der Waals surface area (Å²) in [6, 6.07) is 9.58. The second-order valence-electron chi connectivity index (χ2n) is 7.45. The molecule has 0 aliphatic carbocycles. The summed E-state index contributed by atoms with van der Waals surface area (Å²) >= 11 is 0. The quantitative estimate of drug-likeness (QED) is 0.600. The molecule has 31 heavy (non-hydrogen) atoms. The van der Waals surface area contributed by atoms with Gasteiger partial charge in [-0.05, 0) is 35.4 Å². The average Bonchev–Trinajstić information content (AvgIpc) is 3.20. The van der Waals surface area contributed by atoms with Gasteiger partial charge in [0.2, 0.25) is 11.8 Å². The third-order valence-electron chi connectivity index (χ3n) is 5.03. The first-order chi connectivity index (χ1) is 15.1. The van der Waals surface area contributed by atoms with Crippen molar-refractivity contribution in [3.05, 3.63) is 72.3 Å². The number of hydrogen-bond donors (Lipinski definition) is 2. The molecule has 0 spiro atoms. The van der Waals surface area contributed by atoms with Crippen LogP contribution in [0, 0.1) is 0 Å². The lowest BCUT2D eigenvalue weighted by molar-refractivity contribution is -0.124. The number of anilines is 1. The summed E-state index contributed by atoms with van der Waals surface area (Å²) in [5.74, 6) is -0.163. The lowest BCUT2D eigenvalue weighted by Crippen LogP contribution is -2.47. The smallest absolute Gasteiger partial charge is 0.248 e. The topological polar surface area (TPSA) is 92.2 Å². The van der Waals surface area contributed by atoms with Gasteiger partial charge in [0.05, 0.1) is 12.7 Å². The molecule has 8 nitrogen and oxygen atoms in total. The van der Waals surface area contributed by atoms with Gasteiger partial charge in [-0.3, -0.25) is 24.2 Å². The van der Waals surface area contributed by atoms with E-state index >= 15 is 0 Å². The Morgan fingerprint density at radius 1 is 1.23 bits per heavy atom. The van der Waals surface area contributed by atoms with E-state index in [1.807, 2.05) is 43.6 Å². The number of carbonyl (C=O) groups excluding carboxylic acids is 2. The summed E-state index contributed by atoms with van der Waals surface area (Å²) in [5.41, 5.74) is 4.58. The van der Waals surface area contributed by atoms with E-state index in [4.69, 9.17) is 0 Å². The highest BCUT2D eigenvalue weighted by molar-refractivity contribution is 6.02. The first-order valence-corrected chi connectivity index (χ1v) is 10.1. The Morgan fingerprint density at radius 2 is 2.06 bits per heavy atom. The van der Waals surface area contributed by atoms with Crippen LogP contribution in [0.2, 0.25) is 0 Å². The lowest BCUT2D eigenvalue weighted by Gasteiger charge is -2.26. The maximum Gasteiger partial charge on any atom is 0.248 e. The maximum atomic E-state index is 12.4. The van der Waals surface area contributed by atoms with E-state index in [2.05, 4.69) is 25.6 Å². The van der Waals surface area contributed by atoms with Gasteiger partial charge in [0.25, 0.3) is 0 Å². The Labute approximate surface area is 180 Å². The Bertz CT molecular complexity index is 1100. The number of benzene rings is 1. The third kappa shape index (κ3) is 5.43. The van der Waals surface area contributed by atoms with E-state index in [0.717, 1.165) is 28.8 Å². The van der Waals surface area contributed by atoms with Crippen LogP contribution in [0.25, 0.3) is 17.2 Å². The van der Waals surface area contributed by atoms with Crippen LogP contribution in [0.5, 0.6) is 0 Å². The predicted octanol–water partition coefficient (Wildman–Crippen LogP) is 2.07. The van der Waals surface area contributed by atoms with Gasteiger partial charge < -0.3 is 10.6 Å². The highest BCUT2D eigenvalue weighted by Crippen LogP contribution is 2.23. The van der Waals surface area contributed by atoms with Crippen molar-refractivity contribution in [1.29, 1.82) is 0 Å². The number of pyridine rings is 1. The monoisotopic (exact) mass is 416 g/mol. The number of amides is 2. The molecule has 1 saturated heterocycles. The Morgan fingerprint density at radius 3 is 2.81 bits per heavy atom. The zero-order valence-electron chi connectivity index (χ0n) is 17.3. The molecule has 2 N–H and O–H groups in total. The van der Waals surface area contributed by atoms with Crippen LogP contribution in [-0.4, -0.2) is 51.1 Å². The number of carbonyl (C=O) groups is 2. The first-order valence-electron chi connectivity index (χ1n) is 10.1. The molecular formula is C23H24N6O2. The highest BCUT2D eigenvalue weighted by Gasteiger charge is 2.15. The minimum atomic E-state index is -0.221. The summed E-state index contributed by atoms with van der Waals surface area (Å²) in [6.07, 6.45) is 10.4. The number of rotatable bonds is 6. The Balaban J connectivity index is 1.37. The fraction of sp³-hybridized carbons (Fsp3) is 0.217. The molecule has 1 aliphatic rings. The molecule has 2 amide bonds. The van der Waals surface area contributed by atoms with Crippen molar-refractivity contribution >= 4 is 23.6 Å². The van der Waals surface area contributed by atoms with Crippen LogP contribution in [0.4, 0.5) is 5.69 Å². The van der Waals surface area contributed by atoms with Crippen molar-refractivity contribution in [1.82, 2.24) is 25.0 Å². The molecule has 8 heteroatoms. The highest BCUT2D eigenvalue weighted by atomic mass is 16.2. The van der Waals surface area contributed by atoms with Crippen LogP contribution in [0.1, 0.15) is 11.1 Å². The molecule has 0 atom stereocenters. The number of nitrogens with one attached hydrogen (secondary N) is 2. The molecule has 1 fully saturated rings. The normalized spacial score (nSPS) is 14.5. The molecule has 1 aliphatic heterocycles. The van der Waals surface area contributed by atoms with E-state index < -0.39 is 0 Å². The van der Waals surface area contributed by atoms with Crippen LogP contribution < -0.4 is 10.6 Å². The van der Waals surface area contributed by atoms with Gasteiger partial charge in [-0.15, -0.1) is 0 Å². The minimum Gasteiger partial charge on any atom is -0.354 e. The van der Waals surface area contributed by atoms with E-state index in [1.165, 1.54) is 6.08 Å². The van der Waals surface area contributed by atoms with Gasteiger partial charge in [0, 0.05) is 68.2 Å². The summed E-state index contributed by atoms with van der Waals surface area (Å²) in [4.78, 5) is 30.1. The zero-order valence-corrected chi connectivity index (χ0v) is 17.3. The van der Waals surface area contributed by atoms with Crippen molar-refractivity contribution in [2.45, 2.75) is 6.54 Å². The number of nitrogens with zero attached hydrogens (tertiary/aromatic N) is 4. The lowest BCUT2D eigenvalue weighted by atomic mass is 10.0. The van der Waals surface area contributed by atoms with Gasteiger partial charge in [0.15, 0.2) is 0 Å². The van der Waals surface area contributed by atoms with E-state index in [9.17, 15) is 9.59 Å². The first kappa shape index (κ1) is 20.5. The zero-order chi connectivity index (χ0) is 21.6. The number of hydrogen-bond acceptors (Lipinski definition) is 5. The van der Waals surface area contributed by atoms with E-state index in [-0.39, 0.29) is 11.8 Å². The maximum absolute atomic E-state index is 12.4. The average molecular weight is 416 g/mol. The van der Waals surface area contributed by atoms with E-state index in [0.29, 0.717) is 25.3 Å². The van der Waals surface area contributed by atoms with Crippen LogP contribution in [0.3, 0.4) is 0 Å². The van der Waals surface area contributed by atoms with Gasteiger partial charge >= 0.3 is 0 Å². The van der Waals surface area contributed by atoms with Gasteiger partial charge in [0.1, 0.15) is 0 Å². The molecule has 4 rings (SSSR count). The van der Waals surface area contributed by atoms with Gasteiger partial charge in [-0.25, -0.2) is 0 Å². The van der Waals surface area contributed by atoms with Crippen molar-refractivity contribution in [3.8, 4) is 11.1 Å². The minimum absolute atomic E-state index is 0.0576. The molecule has 158 valence electrons. The van der Waals surface area contributed by atoms with Crippen LogP contribution in [0.15, 0.2) is 61.2 Å². The molecule has 1 aromatic carbocycles. The second kappa shape index (κ2) is 9.36. The van der Waals surface area contributed by atoms with Crippen molar-refractivity contribution in [3.63, 3.8) is 0 Å². The van der Waals surface area contributed by atoms with Crippen molar-refractivity contribution < 1.29 is 9.59 Å². The molecular weight excluding hydrogens is 392 g/mol. The number of aromatic nitrogens is 3. The van der Waals surface area contributed by atoms with Crippen molar-refractivity contribution in [2.75, 3.05) is 25.0 Å². The SMILES string of the molecule is Cn1cc(-c2ccncc2C=CC(=O)Nc2ccc(CN3CCNC(=O)C3)cc2)cn1. The molecule has 0 unspecified atom stereocenters. The molecule has 0 radical (unpaired) electrons. The van der Waals surface area contributed by atoms with Crippen molar-refractivity contribution in [2.24, 2.45) is 7.05 Å². The molecule has 0 bridgehead atoms. The Kier molecular flexibility index (Phi) is 6.18. The predicted molar refractivity (Wildman–Crippen MR) is 119 cm³/mol.